The van der Waals surface area contributed by atoms with Crippen molar-refractivity contribution in [2.24, 2.45) is 23.7 Å². The van der Waals surface area contributed by atoms with Crippen molar-refractivity contribution in [3.8, 4) is 0 Å². The van der Waals surface area contributed by atoms with Crippen LogP contribution in [0.4, 0.5) is 0 Å². The van der Waals surface area contributed by atoms with E-state index < -0.39 is 11.1 Å². The molecular formula is C26H40N4O4. The van der Waals surface area contributed by atoms with Gasteiger partial charge in [-0.05, 0) is 82.1 Å². The molecule has 8 heteroatoms. The topological polar surface area (TPSA) is 105 Å². The number of hydrogen-bond donors (Lipinski definition) is 3. The second-order valence-corrected chi connectivity index (χ2v) is 11.8. The molecular weight excluding hydrogens is 432 g/mol. The van der Waals surface area contributed by atoms with E-state index in [4.69, 9.17) is 4.74 Å². The largest absolute Gasteiger partial charge is 0.390 e. The maximum absolute atomic E-state index is 13.4. The molecule has 5 rings (SSSR count). The first kappa shape index (κ1) is 24.9. The summed E-state index contributed by atoms with van der Waals surface area (Å²) in [6.45, 7) is 8.04. The maximum atomic E-state index is 13.4. The minimum absolute atomic E-state index is 0.00324. The summed E-state index contributed by atoms with van der Waals surface area (Å²) < 4.78 is 6.64. The molecule has 0 aromatic carbocycles. The maximum Gasteiger partial charge on any atom is 0.255 e. The molecule has 4 aliphatic carbocycles. The van der Waals surface area contributed by atoms with E-state index in [0.29, 0.717) is 35.7 Å². The fourth-order valence-corrected chi connectivity index (χ4v) is 6.57. The number of methoxy groups -OCH3 is 1. The van der Waals surface area contributed by atoms with E-state index in [1.54, 1.807) is 10.9 Å². The van der Waals surface area contributed by atoms with Crippen molar-refractivity contribution in [2.45, 2.75) is 83.4 Å². The van der Waals surface area contributed by atoms with Gasteiger partial charge in [-0.15, -0.1) is 0 Å². The molecule has 2 unspecified atom stereocenters. The van der Waals surface area contributed by atoms with Crippen LogP contribution in [0.15, 0.2) is 12.3 Å². The van der Waals surface area contributed by atoms with Crippen LogP contribution in [0, 0.1) is 23.7 Å². The van der Waals surface area contributed by atoms with Crippen LogP contribution >= 0.6 is 0 Å². The van der Waals surface area contributed by atoms with E-state index in [9.17, 15) is 14.7 Å². The molecule has 34 heavy (non-hydrogen) atoms. The van der Waals surface area contributed by atoms with Gasteiger partial charge in [-0.3, -0.25) is 9.59 Å². The molecule has 1 aromatic heterocycles. The third-order valence-corrected chi connectivity index (χ3v) is 7.65. The lowest BCUT2D eigenvalue weighted by Gasteiger charge is -2.58. The summed E-state index contributed by atoms with van der Waals surface area (Å²) in [5, 5.41) is 21.6. The number of nitrogens with one attached hydrogen (secondary N) is 2. The van der Waals surface area contributed by atoms with Crippen LogP contribution < -0.4 is 10.6 Å². The van der Waals surface area contributed by atoms with Gasteiger partial charge in [-0.2, -0.15) is 5.10 Å². The number of nitrogens with zero attached hydrogens (tertiary/aromatic N) is 2. The van der Waals surface area contributed by atoms with E-state index in [2.05, 4.69) is 29.6 Å². The summed E-state index contributed by atoms with van der Waals surface area (Å²) in [5.41, 5.74) is 0.360. The summed E-state index contributed by atoms with van der Waals surface area (Å²) in [6, 6.07) is 0.130. The molecule has 4 bridgehead atoms. The molecule has 1 aromatic rings. The van der Waals surface area contributed by atoms with Crippen LogP contribution in [0.5, 0.6) is 0 Å². The number of ether oxygens (including phenoxy) is 1. The van der Waals surface area contributed by atoms with Gasteiger partial charge in [0.1, 0.15) is 6.61 Å². The Morgan fingerprint density at radius 2 is 1.97 bits per heavy atom. The second kappa shape index (κ2) is 9.46. The lowest BCUT2D eigenvalue weighted by Crippen LogP contribution is -2.61. The molecule has 0 radical (unpaired) electrons. The SMILES string of the molecule is COCC(=O)NC(C)(C)/C=C/n1ncc(C(=O)NC2C3CC4CC2CC(O)(C4)C3)c1CC(C)C. The highest BCUT2D eigenvalue weighted by atomic mass is 16.5. The predicted octanol–water partition coefficient (Wildman–Crippen LogP) is 2.76. The van der Waals surface area contributed by atoms with Crippen LogP contribution in [0.3, 0.4) is 0 Å². The second-order valence-electron chi connectivity index (χ2n) is 11.8. The van der Waals surface area contributed by atoms with Gasteiger partial charge >= 0.3 is 0 Å². The monoisotopic (exact) mass is 472 g/mol. The summed E-state index contributed by atoms with van der Waals surface area (Å²) in [6.07, 6.45) is 10.8. The lowest BCUT2D eigenvalue weighted by atomic mass is 9.52. The first-order valence-corrected chi connectivity index (χ1v) is 12.6. The zero-order valence-electron chi connectivity index (χ0n) is 21.1. The van der Waals surface area contributed by atoms with E-state index in [1.807, 2.05) is 26.1 Å². The minimum Gasteiger partial charge on any atom is -0.390 e. The Bertz CT molecular complexity index is 935. The lowest BCUT2D eigenvalue weighted by molar-refractivity contribution is -0.137. The summed E-state index contributed by atoms with van der Waals surface area (Å²) in [4.78, 5) is 25.4. The van der Waals surface area contributed by atoms with Gasteiger partial charge < -0.3 is 20.5 Å². The van der Waals surface area contributed by atoms with Crippen LogP contribution in [0.1, 0.15) is 75.9 Å². The highest BCUT2D eigenvalue weighted by Crippen LogP contribution is 2.55. The van der Waals surface area contributed by atoms with Crippen molar-refractivity contribution in [2.75, 3.05) is 13.7 Å². The average molecular weight is 473 g/mol. The Balaban J connectivity index is 1.50. The number of hydrogen-bond acceptors (Lipinski definition) is 5. The highest BCUT2D eigenvalue weighted by molar-refractivity contribution is 5.95. The highest BCUT2D eigenvalue weighted by Gasteiger charge is 2.55. The van der Waals surface area contributed by atoms with E-state index in [0.717, 1.165) is 37.8 Å². The minimum atomic E-state index is -0.597. The molecule has 2 amide bonds. The smallest absolute Gasteiger partial charge is 0.255 e. The van der Waals surface area contributed by atoms with Gasteiger partial charge in [0.15, 0.2) is 0 Å². The molecule has 188 valence electrons. The molecule has 4 saturated carbocycles. The number of carbonyl (C=O) groups is 2. The molecule has 4 aliphatic rings. The zero-order valence-corrected chi connectivity index (χ0v) is 21.1. The third-order valence-electron chi connectivity index (χ3n) is 7.65. The predicted molar refractivity (Wildman–Crippen MR) is 130 cm³/mol. The molecule has 0 spiro atoms. The fraction of sp³-hybridized carbons (Fsp3) is 0.731. The van der Waals surface area contributed by atoms with Gasteiger partial charge in [0, 0.05) is 19.4 Å². The summed E-state index contributed by atoms with van der Waals surface area (Å²) in [7, 11) is 1.49. The Morgan fingerprint density at radius 3 is 2.56 bits per heavy atom. The van der Waals surface area contributed by atoms with Gasteiger partial charge in [-0.25, -0.2) is 4.68 Å². The first-order chi connectivity index (χ1) is 16.0. The molecule has 0 aliphatic heterocycles. The van der Waals surface area contributed by atoms with Crippen molar-refractivity contribution in [3.05, 3.63) is 23.5 Å². The van der Waals surface area contributed by atoms with Crippen molar-refractivity contribution in [1.82, 2.24) is 20.4 Å². The Hall–Kier alpha value is -2.19. The van der Waals surface area contributed by atoms with Crippen molar-refractivity contribution < 1.29 is 19.4 Å². The number of carbonyl (C=O) groups excluding carboxylic acids is 2. The Labute approximate surface area is 202 Å². The molecule has 2 atom stereocenters. The molecule has 3 N–H and O–H groups in total. The summed E-state index contributed by atoms with van der Waals surface area (Å²) >= 11 is 0. The molecule has 8 nitrogen and oxygen atoms in total. The third kappa shape index (κ3) is 5.38. The van der Waals surface area contributed by atoms with Gasteiger partial charge in [0.05, 0.1) is 28.6 Å². The Kier molecular flexibility index (Phi) is 6.93. The van der Waals surface area contributed by atoms with Crippen molar-refractivity contribution >= 4 is 18.0 Å². The molecule has 0 saturated heterocycles. The van der Waals surface area contributed by atoms with Gasteiger partial charge in [-0.1, -0.05) is 13.8 Å². The van der Waals surface area contributed by atoms with Crippen LogP contribution in [-0.4, -0.2) is 57.6 Å². The average Bonchev–Trinajstić information content (AvgIpc) is 3.09. The van der Waals surface area contributed by atoms with E-state index in [1.165, 1.54) is 7.11 Å². The molecule has 4 fully saturated rings. The van der Waals surface area contributed by atoms with Crippen LogP contribution in [0.2, 0.25) is 0 Å². The standard InChI is InChI=1S/C26H40N4O4/c1-16(2)8-21-20(14-27-30(21)7-6-25(3,4)29-22(31)15-34-5)24(32)28-23-18-9-17-10-19(23)13-26(33,11-17)12-18/h6-7,14,16-19,23,33H,8-13,15H2,1-5H3,(H,28,32)(H,29,31)/b7-6+. The zero-order chi connectivity index (χ0) is 24.7. The van der Waals surface area contributed by atoms with Crippen LogP contribution in [-0.2, 0) is 16.0 Å². The van der Waals surface area contributed by atoms with E-state index >= 15 is 0 Å². The normalized spacial score (nSPS) is 30.3. The quantitative estimate of drug-likeness (QED) is 0.513. The van der Waals surface area contributed by atoms with Gasteiger partial charge in [0.25, 0.3) is 5.91 Å². The van der Waals surface area contributed by atoms with Gasteiger partial charge in [0.2, 0.25) is 5.91 Å². The first-order valence-electron chi connectivity index (χ1n) is 12.6. The number of amides is 2. The van der Waals surface area contributed by atoms with Crippen molar-refractivity contribution in [3.63, 3.8) is 0 Å². The number of aliphatic hydroxyl groups is 1. The van der Waals surface area contributed by atoms with Crippen LogP contribution in [0.25, 0.3) is 6.20 Å². The van der Waals surface area contributed by atoms with Crippen molar-refractivity contribution in [1.29, 1.82) is 0 Å². The Morgan fingerprint density at radius 1 is 1.29 bits per heavy atom. The molecule has 1 heterocycles. The fourth-order valence-electron chi connectivity index (χ4n) is 6.57. The van der Waals surface area contributed by atoms with E-state index in [-0.39, 0.29) is 24.5 Å². The number of rotatable bonds is 9. The summed E-state index contributed by atoms with van der Waals surface area (Å²) in [5.74, 6) is 1.40. The number of aromatic nitrogens is 2.